The second kappa shape index (κ2) is 5.44. The molecule has 0 amide bonds. The Morgan fingerprint density at radius 3 is 2.29 bits per heavy atom. The molecule has 1 nitrogen and oxygen atoms in total. The zero-order chi connectivity index (χ0) is 12.3. The van der Waals surface area contributed by atoms with Crippen molar-refractivity contribution in [3.8, 4) is 5.75 Å². The normalized spacial score (nSPS) is 10.3. The lowest BCUT2D eigenvalue weighted by Crippen LogP contribution is -1.97. The van der Waals surface area contributed by atoms with Gasteiger partial charge < -0.3 is 4.74 Å². The van der Waals surface area contributed by atoms with Crippen molar-refractivity contribution in [2.45, 2.75) is 13.5 Å². The highest BCUT2D eigenvalue weighted by molar-refractivity contribution is 6.35. The topological polar surface area (TPSA) is 9.23 Å². The summed E-state index contributed by atoms with van der Waals surface area (Å²) in [5.41, 5.74) is 1.98. The summed E-state index contributed by atoms with van der Waals surface area (Å²) in [5.74, 6) is 0.820. The molecule has 0 aromatic heterocycles. The van der Waals surface area contributed by atoms with Gasteiger partial charge in [-0.3, -0.25) is 0 Å². The highest BCUT2D eigenvalue weighted by Gasteiger charge is 2.06. The summed E-state index contributed by atoms with van der Waals surface area (Å²) in [6.45, 7) is 2.40. The largest absolute Gasteiger partial charge is 0.489 e. The zero-order valence-electron chi connectivity index (χ0n) is 9.41. The van der Waals surface area contributed by atoms with Crippen LogP contribution in [0.2, 0.25) is 10.0 Å². The van der Waals surface area contributed by atoms with Gasteiger partial charge in [0.2, 0.25) is 0 Å². The maximum absolute atomic E-state index is 6.06. The molecule has 0 radical (unpaired) electrons. The summed E-state index contributed by atoms with van der Waals surface area (Å²) in [6, 6.07) is 13.3. The first-order valence-electron chi connectivity index (χ1n) is 5.29. The van der Waals surface area contributed by atoms with Gasteiger partial charge in [0.1, 0.15) is 12.4 Å². The number of aryl methyl sites for hydroxylation is 1. The van der Waals surface area contributed by atoms with E-state index in [1.165, 1.54) is 0 Å². The average molecular weight is 267 g/mol. The number of hydrogen-bond donors (Lipinski definition) is 0. The molecule has 2 aromatic carbocycles. The van der Waals surface area contributed by atoms with Crippen molar-refractivity contribution in [1.29, 1.82) is 0 Å². The lowest BCUT2D eigenvalue weighted by atomic mass is 10.2. The minimum absolute atomic E-state index is 0.377. The Kier molecular flexibility index (Phi) is 3.93. The van der Waals surface area contributed by atoms with E-state index in [1.54, 1.807) is 0 Å². The lowest BCUT2D eigenvalue weighted by Gasteiger charge is -2.09. The Morgan fingerprint density at radius 2 is 1.65 bits per heavy atom. The van der Waals surface area contributed by atoms with Gasteiger partial charge in [-0.15, -0.1) is 0 Å². The molecule has 0 saturated carbocycles. The van der Waals surface area contributed by atoms with Gasteiger partial charge in [0.15, 0.2) is 0 Å². The third kappa shape index (κ3) is 3.15. The van der Waals surface area contributed by atoms with Crippen LogP contribution in [0, 0.1) is 6.92 Å². The molecular formula is C14H12Cl2O. The van der Waals surface area contributed by atoms with Crippen LogP contribution in [0.5, 0.6) is 5.75 Å². The average Bonchev–Trinajstić information content (AvgIpc) is 2.28. The molecule has 0 bridgehead atoms. The Balaban J connectivity index is 2.13. The van der Waals surface area contributed by atoms with Crippen LogP contribution >= 0.6 is 23.2 Å². The second-order valence-corrected chi connectivity index (χ2v) is 4.62. The Hall–Kier alpha value is -1.18. The van der Waals surface area contributed by atoms with Crippen LogP contribution < -0.4 is 4.74 Å². The molecule has 17 heavy (non-hydrogen) atoms. The fourth-order valence-corrected chi connectivity index (χ4v) is 2.04. The molecule has 0 N–H and O–H groups in total. The Labute approximate surface area is 111 Å². The van der Waals surface area contributed by atoms with Crippen molar-refractivity contribution in [2.24, 2.45) is 0 Å². The van der Waals surface area contributed by atoms with Gasteiger partial charge in [-0.1, -0.05) is 41.4 Å². The second-order valence-electron chi connectivity index (χ2n) is 3.81. The van der Waals surface area contributed by atoms with Crippen molar-refractivity contribution in [3.63, 3.8) is 0 Å². The molecular weight excluding hydrogens is 255 g/mol. The molecule has 88 valence electrons. The van der Waals surface area contributed by atoms with Crippen LogP contribution in [0.3, 0.4) is 0 Å². The summed E-state index contributed by atoms with van der Waals surface area (Å²) in [5, 5.41) is 1.26. The Morgan fingerprint density at radius 1 is 1.00 bits per heavy atom. The van der Waals surface area contributed by atoms with E-state index in [0.717, 1.165) is 16.9 Å². The molecule has 3 heteroatoms. The third-order valence-corrected chi connectivity index (χ3v) is 3.14. The third-order valence-electron chi connectivity index (χ3n) is 2.43. The number of benzene rings is 2. The van der Waals surface area contributed by atoms with Crippen molar-refractivity contribution in [3.05, 3.63) is 63.6 Å². The fourth-order valence-electron chi connectivity index (χ4n) is 1.53. The van der Waals surface area contributed by atoms with Crippen LogP contribution in [0.4, 0.5) is 0 Å². The first-order chi connectivity index (χ1) is 8.16. The van der Waals surface area contributed by atoms with Gasteiger partial charge in [0.05, 0.1) is 0 Å². The van der Waals surface area contributed by atoms with Crippen molar-refractivity contribution in [2.75, 3.05) is 0 Å². The van der Waals surface area contributed by atoms with Crippen molar-refractivity contribution in [1.82, 2.24) is 0 Å². The highest BCUT2D eigenvalue weighted by Crippen LogP contribution is 2.25. The van der Waals surface area contributed by atoms with Gasteiger partial charge in [0.25, 0.3) is 0 Å². The predicted octanol–water partition coefficient (Wildman–Crippen LogP) is 4.88. The number of rotatable bonds is 3. The summed E-state index contributed by atoms with van der Waals surface area (Å²) in [6.07, 6.45) is 0. The SMILES string of the molecule is Cc1cccc(OCc2c(Cl)cccc2Cl)c1. The molecule has 0 spiro atoms. The predicted molar refractivity (Wildman–Crippen MR) is 72.0 cm³/mol. The molecule has 0 aliphatic heterocycles. The van der Waals surface area contributed by atoms with Crippen molar-refractivity contribution < 1.29 is 4.74 Å². The van der Waals surface area contributed by atoms with Gasteiger partial charge in [-0.05, 0) is 36.8 Å². The molecule has 0 fully saturated rings. The molecule has 0 aliphatic rings. The minimum Gasteiger partial charge on any atom is -0.489 e. The van der Waals surface area contributed by atoms with E-state index in [1.807, 2.05) is 49.4 Å². The molecule has 0 aliphatic carbocycles. The highest BCUT2D eigenvalue weighted by atomic mass is 35.5. The number of halogens is 2. The smallest absolute Gasteiger partial charge is 0.120 e. The van der Waals surface area contributed by atoms with Gasteiger partial charge in [0, 0.05) is 15.6 Å². The van der Waals surface area contributed by atoms with E-state index >= 15 is 0 Å². The van der Waals surface area contributed by atoms with E-state index in [4.69, 9.17) is 27.9 Å². The van der Waals surface area contributed by atoms with Gasteiger partial charge >= 0.3 is 0 Å². The number of ether oxygens (including phenoxy) is 1. The van der Waals surface area contributed by atoms with Gasteiger partial charge in [-0.2, -0.15) is 0 Å². The van der Waals surface area contributed by atoms with Crippen LogP contribution in [0.15, 0.2) is 42.5 Å². The maximum Gasteiger partial charge on any atom is 0.120 e. The van der Waals surface area contributed by atoms with Crippen LogP contribution in [-0.4, -0.2) is 0 Å². The molecule has 0 unspecified atom stereocenters. The molecule has 2 rings (SSSR count). The van der Waals surface area contributed by atoms with Gasteiger partial charge in [-0.25, -0.2) is 0 Å². The fraction of sp³-hybridized carbons (Fsp3) is 0.143. The van der Waals surface area contributed by atoms with Crippen LogP contribution in [-0.2, 0) is 6.61 Å². The van der Waals surface area contributed by atoms with E-state index in [-0.39, 0.29) is 0 Å². The maximum atomic E-state index is 6.06. The number of hydrogen-bond acceptors (Lipinski definition) is 1. The molecule has 0 saturated heterocycles. The summed E-state index contributed by atoms with van der Waals surface area (Å²) < 4.78 is 5.67. The zero-order valence-corrected chi connectivity index (χ0v) is 10.9. The monoisotopic (exact) mass is 266 g/mol. The summed E-state index contributed by atoms with van der Waals surface area (Å²) in [4.78, 5) is 0. The Bertz CT molecular complexity index is 503. The van der Waals surface area contributed by atoms with Crippen molar-refractivity contribution >= 4 is 23.2 Å². The first kappa shape index (κ1) is 12.3. The standard InChI is InChI=1S/C14H12Cl2O/c1-10-4-2-5-11(8-10)17-9-12-13(15)6-3-7-14(12)16/h2-8H,9H2,1H3. The summed E-state index contributed by atoms with van der Waals surface area (Å²) in [7, 11) is 0. The van der Waals surface area contributed by atoms with E-state index < -0.39 is 0 Å². The first-order valence-corrected chi connectivity index (χ1v) is 6.05. The quantitative estimate of drug-likeness (QED) is 0.770. The molecule has 2 aromatic rings. The summed E-state index contributed by atoms with van der Waals surface area (Å²) >= 11 is 12.1. The van der Waals surface area contributed by atoms with Crippen LogP contribution in [0.1, 0.15) is 11.1 Å². The molecule has 0 atom stereocenters. The van der Waals surface area contributed by atoms with E-state index in [2.05, 4.69) is 0 Å². The minimum atomic E-state index is 0.377. The lowest BCUT2D eigenvalue weighted by molar-refractivity contribution is 0.306. The van der Waals surface area contributed by atoms with Crippen LogP contribution in [0.25, 0.3) is 0 Å². The van der Waals surface area contributed by atoms with E-state index in [9.17, 15) is 0 Å². The van der Waals surface area contributed by atoms with E-state index in [0.29, 0.717) is 16.7 Å². The molecule has 0 heterocycles.